The van der Waals surface area contributed by atoms with Crippen molar-refractivity contribution in [2.24, 2.45) is 5.73 Å². The van der Waals surface area contributed by atoms with E-state index >= 15 is 0 Å². The standard InChI is InChI=1S/C24H27N3O4/c1-15(2)31-20-14-27(19-11-4-16(5-12-19)6-13-21(28)30-3)24(29)22(20)17-7-9-18(10-8-17)23(25)26/h4-5,7-12,15H,6,13-14H2,1-3H3,(H3,25,26). The van der Waals surface area contributed by atoms with Crippen LogP contribution in [0.5, 0.6) is 0 Å². The second-order valence-electron chi connectivity index (χ2n) is 7.59. The molecule has 0 fully saturated rings. The van der Waals surface area contributed by atoms with Gasteiger partial charge in [0.15, 0.2) is 0 Å². The summed E-state index contributed by atoms with van der Waals surface area (Å²) in [5, 5.41) is 7.55. The summed E-state index contributed by atoms with van der Waals surface area (Å²) in [5.41, 5.74) is 9.12. The van der Waals surface area contributed by atoms with Crippen LogP contribution in [-0.2, 0) is 25.5 Å². The summed E-state index contributed by atoms with van der Waals surface area (Å²) in [6.07, 6.45) is 0.816. The number of hydrogen-bond acceptors (Lipinski definition) is 5. The Hall–Kier alpha value is -3.61. The Morgan fingerprint density at radius 3 is 2.32 bits per heavy atom. The van der Waals surface area contributed by atoms with Crippen molar-refractivity contribution in [2.75, 3.05) is 18.6 Å². The number of rotatable bonds is 8. The lowest BCUT2D eigenvalue weighted by atomic mass is 10.0. The van der Waals surface area contributed by atoms with Gasteiger partial charge in [0.25, 0.3) is 5.91 Å². The average Bonchev–Trinajstić information content (AvgIpc) is 3.07. The molecule has 1 heterocycles. The lowest BCUT2D eigenvalue weighted by Gasteiger charge is -2.18. The quantitative estimate of drug-likeness (QED) is 0.387. The summed E-state index contributed by atoms with van der Waals surface area (Å²) in [5.74, 6) is 0.198. The molecule has 1 amide bonds. The van der Waals surface area contributed by atoms with Gasteiger partial charge in [0.1, 0.15) is 11.6 Å². The molecule has 162 valence electrons. The Bertz CT molecular complexity index is 1010. The summed E-state index contributed by atoms with van der Waals surface area (Å²) < 4.78 is 10.7. The van der Waals surface area contributed by atoms with E-state index in [2.05, 4.69) is 4.74 Å². The minimum Gasteiger partial charge on any atom is -0.493 e. The van der Waals surface area contributed by atoms with Crippen molar-refractivity contribution in [1.29, 1.82) is 5.41 Å². The zero-order valence-corrected chi connectivity index (χ0v) is 18.0. The van der Waals surface area contributed by atoms with Crippen molar-refractivity contribution >= 4 is 29.0 Å². The van der Waals surface area contributed by atoms with Gasteiger partial charge in [-0.05, 0) is 43.5 Å². The van der Waals surface area contributed by atoms with E-state index < -0.39 is 0 Å². The molecule has 0 saturated carbocycles. The molecule has 2 aromatic carbocycles. The molecule has 0 bridgehead atoms. The first-order valence-corrected chi connectivity index (χ1v) is 10.1. The number of amides is 1. The van der Waals surface area contributed by atoms with Gasteiger partial charge in [-0.3, -0.25) is 15.0 Å². The van der Waals surface area contributed by atoms with Crippen LogP contribution >= 0.6 is 0 Å². The van der Waals surface area contributed by atoms with Gasteiger partial charge >= 0.3 is 5.97 Å². The maximum Gasteiger partial charge on any atom is 0.305 e. The van der Waals surface area contributed by atoms with Crippen LogP contribution < -0.4 is 10.6 Å². The van der Waals surface area contributed by atoms with Gasteiger partial charge < -0.3 is 20.1 Å². The number of carbonyl (C=O) groups excluding carboxylic acids is 2. The van der Waals surface area contributed by atoms with Crippen LogP contribution in [0.3, 0.4) is 0 Å². The van der Waals surface area contributed by atoms with E-state index in [1.165, 1.54) is 7.11 Å². The molecule has 2 aromatic rings. The third-order valence-electron chi connectivity index (χ3n) is 5.00. The number of amidine groups is 1. The highest BCUT2D eigenvalue weighted by molar-refractivity contribution is 6.29. The fourth-order valence-corrected chi connectivity index (χ4v) is 3.43. The van der Waals surface area contributed by atoms with E-state index in [1.807, 2.05) is 38.1 Å². The number of ether oxygens (including phenoxy) is 2. The lowest BCUT2D eigenvalue weighted by Crippen LogP contribution is -2.26. The molecule has 0 aliphatic carbocycles. The Balaban J connectivity index is 1.84. The molecule has 0 spiro atoms. The van der Waals surface area contributed by atoms with Gasteiger partial charge in [-0.1, -0.05) is 36.4 Å². The third-order valence-corrected chi connectivity index (χ3v) is 5.00. The number of nitrogens with one attached hydrogen (secondary N) is 1. The monoisotopic (exact) mass is 421 g/mol. The van der Waals surface area contributed by atoms with Gasteiger partial charge in [0.05, 0.1) is 25.3 Å². The number of methoxy groups -OCH3 is 1. The maximum atomic E-state index is 13.3. The Morgan fingerprint density at radius 2 is 1.77 bits per heavy atom. The highest BCUT2D eigenvalue weighted by Gasteiger charge is 2.34. The molecule has 0 aromatic heterocycles. The fourth-order valence-electron chi connectivity index (χ4n) is 3.43. The smallest absolute Gasteiger partial charge is 0.305 e. The van der Waals surface area contributed by atoms with Gasteiger partial charge in [0, 0.05) is 17.7 Å². The van der Waals surface area contributed by atoms with E-state index in [0.29, 0.717) is 36.3 Å². The largest absolute Gasteiger partial charge is 0.493 e. The first-order chi connectivity index (χ1) is 14.8. The van der Waals surface area contributed by atoms with E-state index in [0.717, 1.165) is 16.8 Å². The van der Waals surface area contributed by atoms with Gasteiger partial charge in [-0.2, -0.15) is 0 Å². The van der Waals surface area contributed by atoms with E-state index in [1.54, 1.807) is 29.2 Å². The summed E-state index contributed by atoms with van der Waals surface area (Å²) in [7, 11) is 1.37. The van der Waals surface area contributed by atoms with Crippen LogP contribution in [0.25, 0.3) is 5.57 Å². The van der Waals surface area contributed by atoms with Gasteiger partial charge in [0.2, 0.25) is 0 Å². The summed E-state index contributed by atoms with van der Waals surface area (Å²) in [6.45, 7) is 4.18. The number of esters is 1. The predicted octanol–water partition coefficient (Wildman–Crippen LogP) is 3.26. The Morgan fingerprint density at radius 1 is 1.13 bits per heavy atom. The van der Waals surface area contributed by atoms with Crippen molar-refractivity contribution in [3.05, 3.63) is 71.0 Å². The first-order valence-electron chi connectivity index (χ1n) is 10.1. The van der Waals surface area contributed by atoms with E-state index in [4.69, 9.17) is 15.9 Å². The SMILES string of the molecule is COC(=O)CCc1ccc(N2CC(OC(C)C)=C(c3ccc(C(=N)N)cc3)C2=O)cc1. The summed E-state index contributed by atoms with van der Waals surface area (Å²) >= 11 is 0. The normalized spacial score (nSPS) is 13.7. The van der Waals surface area contributed by atoms with Crippen molar-refractivity contribution in [1.82, 2.24) is 0 Å². The maximum absolute atomic E-state index is 13.3. The minimum atomic E-state index is -0.251. The molecule has 0 atom stereocenters. The Kier molecular flexibility index (Phi) is 6.74. The second-order valence-corrected chi connectivity index (χ2v) is 7.59. The topological polar surface area (TPSA) is 106 Å². The van der Waals surface area contributed by atoms with Crippen molar-refractivity contribution in [2.45, 2.75) is 32.8 Å². The third kappa shape index (κ3) is 5.12. The number of nitrogen functional groups attached to an aromatic ring is 1. The van der Waals surface area contributed by atoms with Crippen LogP contribution in [0.2, 0.25) is 0 Å². The number of anilines is 1. The molecular weight excluding hydrogens is 394 g/mol. The summed E-state index contributed by atoms with van der Waals surface area (Å²) in [4.78, 5) is 26.3. The molecule has 0 radical (unpaired) electrons. The minimum absolute atomic E-state index is 0.0224. The molecular formula is C24H27N3O4. The molecule has 0 unspecified atom stereocenters. The summed E-state index contributed by atoms with van der Waals surface area (Å²) in [6, 6.07) is 14.6. The lowest BCUT2D eigenvalue weighted by molar-refractivity contribution is -0.140. The van der Waals surface area contributed by atoms with Crippen LogP contribution in [0.4, 0.5) is 5.69 Å². The van der Waals surface area contributed by atoms with Gasteiger partial charge in [-0.25, -0.2) is 0 Å². The zero-order chi connectivity index (χ0) is 22.5. The highest BCUT2D eigenvalue weighted by atomic mass is 16.5. The second kappa shape index (κ2) is 9.47. The van der Waals surface area contributed by atoms with Crippen LogP contribution in [-0.4, -0.2) is 37.5 Å². The van der Waals surface area contributed by atoms with Crippen molar-refractivity contribution in [3.63, 3.8) is 0 Å². The fraction of sp³-hybridized carbons (Fsp3) is 0.292. The van der Waals surface area contributed by atoms with E-state index in [-0.39, 0.29) is 23.8 Å². The zero-order valence-electron chi connectivity index (χ0n) is 18.0. The highest BCUT2D eigenvalue weighted by Crippen LogP contribution is 2.33. The van der Waals surface area contributed by atoms with E-state index in [9.17, 15) is 9.59 Å². The number of benzene rings is 2. The number of carbonyl (C=O) groups is 2. The molecule has 7 nitrogen and oxygen atoms in total. The average molecular weight is 421 g/mol. The van der Waals surface area contributed by atoms with Crippen molar-refractivity contribution < 1.29 is 19.1 Å². The van der Waals surface area contributed by atoms with Gasteiger partial charge in [-0.15, -0.1) is 0 Å². The molecule has 1 aliphatic rings. The number of nitrogens with zero attached hydrogens (tertiary/aromatic N) is 1. The molecule has 31 heavy (non-hydrogen) atoms. The molecule has 0 saturated heterocycles. The van der Waals surface area contributed by atoms with Crippen LogP contribution in [0, 0.1) is 5.41 Å². The van der Waals surface area contributed by atoms with Crippen LogP contribution in [0.15, 0.2) is 54.3 Å². The van der Waals surface area contributed by atoms with Crippen molar-refractivity contribution in [3.8, 4) is 0 Å². The molecule has 3 rings (SSSR count). The number of aryl methyl sites for hydroxylation is 1. The number of hydrogen-bond donors (Lipinski definition) is 2. The number of nitrogens with two attached hydrogens (primary N) is 1. The molecule has 3 N–H and O–H groups in total. The molecule has 1 aliphatic heterocycles. The predicted molar refractivity (Wildman–Crippen MR) is 120 cm³/mol. The van der Waals surface area contributed by atoms with Crippen LogP contribution in [0.1, 0.15) is 37.0 Å². The molecule has 7 heteroatoms. The first kappa shape index (κ1) is 22.1. The Labute approximate surface area is 182 Å².